The Balaban J connectivity index is 2.47. The van der Waals surface area contributed by atoms with E-state index in [1.54, 1.807) is 12.3 Å². The van der Waals surface area contributed by atoms with E-state index in [1.165, 1.54) is 0 Å². The second kappa shape index (κ2) is 3.75. The second-order valence-corrected chi connectivity index (χ2v) is 2.25. The maximum atomic E-state index is 10.4. The van der Waals surface area contributed by atoms with Crippen molar-refractivity contribution in [1.82, 2.24) is 10.2 Å². The Hall–Kier alpha value is -1.32. The number of carbonyl (C=O) groups excluding carboxylic acids is 1. The second-order valence-electron chi connectivity index (χ2n) is 2.25. The van der Waals surface area contributed by atoms with Crippen molar-refractivity contribution in [3.8, 4) is 0 Å². The predicted molar refractivity (Wildman–Crippen MR) is 42.4 cm³/mol. The zero-order valence-electron chi connectivity index (χ0n) is 6.37. The van der Waals surface area contributed by atoms with E-state index < -0.39 is 0 Å². The van der Waals surface area contributed by atoms with Gasteiger partial charge in [0, 0.05) is 6.20 Å². The number of nitrogens with zero attached hydrogens (tertiary/aromatic N) is 1. The first-order valence-corrected chi connectivity index (χ1v) is 3.58. The molecular weight excluding hydrogens is 142 g/mol. The zero-order chi connectivity index (χ0) is 8.10. The van der Waals surface area contributed by atoms with Crippen molar-refractivity contribution in [2.75, 3.05) is 5.32 Å². The van der Waals surface area contributed by atoms with Gasteiger partial charge in [0.05, 0.1) is 6.04 Å². The van der Waals surface area contributed by atoms with Gasteiger partial charge in [0.15, 0.2) is 0 Å². The largest absolute Gasteiger partial charge is 0.359 e. The molecule has 0 aromatic carbocycles. The van der Waals surface area contributed by atoms with Gasteiger partial charge in [-0.2, -0.15) is 5.10 Å². The highest BCUT2D eigenvalue weighted by Crippen LogP contribution is 2.01. The number of aromatic nitrogens is 2. The average Bonchev–Trinajstić information content (AvgIpc) is 2.52. The summed E-state index contributed by atoms with van der Waals surface area (Å²) < 4.78 is 0. The van der Waals surface area contributed by atoms with Gasteiger partial charge in [-0.1, -0.05) is 6.92 Å². The predicted octanol–water partition coefficient (Wildman–Crippen LogP) is 0.799. The highest BCUT2D eigenvalue weighted by molar-refractivity contribution is 5.62. The molecule has 4 nitrogen and oxygen atoms in total. The van der Waals surface area contributed by atoms with Crippen molar-refractivity contribution >= 4 is 12.1 Å². The molecule has 0 saturated heterocycles. The maximum absolute atomic E-state index is 10.4. The van der Waals surface area contributed by atoms with Crippen LogP contribution in [0.3, 0.4) is 0 Å². The lowest BCUT2D eigenvalue weighted by atomic mass is 10.2. The Morgan fingerprint density at radius 2 is 2.73 bits per heavy atom. The fourth-order valence-corrected chi connectivity index (χ4v) is 0.763. The Morgan fingerprint density at radius 1 is 1.91 bits per heavy atom. The van der Waals surface area contributed by atoms with Crippen LogP contribution in [0.5, 0.6) is 0 Å². The van der Waals surface area contributed by atoms with Crippen LogP contribution >= 0.6 is 0 Å². The lowest BCUT2D eigenvalue weighted by molar-refractivity contribution is -0.108. The summed E-state index contributed by atoms with van der Waals surface area (Å²) in [6.45, 7) is 1.94. The summed E-state index contributed by atoms with van der Waals surface area (Å²) in [6.07, 6.45) is 3.37. The third-order valence-electron chi connectivity index (χ3n) is 1.44. The third kappa shape index (κ3) is 2.07. The van der Waals surface area contributed by atoms with Crippen LogP contribution in [0.25, 0.3) is 0 Å². The zero-order valence-corrected chi connectivity index (χ0v) is 6.37. The molecule has 0 aliphatic carbocycles. The molecule has 1 atom stereocenters. The summed E-state index contributed by atoms with van der Waals surface area (Å²) in [4.78, 5) is 10.4. The van der Waals surface area contributed by atoms with Crippen molar-refractivity contribution in [3.05, 3.63) is 12.3 Å². The summed E-state index contributed by atoms with van der Waals surface area (Å²) in [5, 5.41) is 9.46. The van der Waals surface area contributed by atoms with Crippen molar-refractivity contribution in [1.29, 1.82) is 0 Å². The van der Waals surface area contributed by atoms with E-state index in [2.05, 4.69) is 15.5 Å². The molecule has 0 spiro atoms. The lowest BCUT2D eigenvalue weighted by Crippen LogP contribution is -2.19. The molecule has 4 heteroatoms. The highest BCUT2D eigenvalue weighted by Gasteiger charge is 2.03. The first kappa shape index (κ1) is 7.78. The summed E-state index contributed by atoms with van der Waals surface area (Å²) in [5.74, 6) is 0.712. The number of aldehydes is 1. The molecule has 11 heavy (non-hydrogen) atoms. The Morgan fingerprint density at radius 3 is 3.18 bits per heavy atom. The number of hydrogen-bond acceptors (Lipinski definition) is 3. The molecule has 0 fully saturated rings. The summed E-state index contributed by atoms with van der Waals surface area (Å²) in [7, 11) is 0. The minimum Gasteiger partial charge on any atom is -0.359 e. The maximum Gasteiger partial charge on any atom is 0.148 e. The molecule has 2 N–H and O–H groups in total. The summed E-state index contributed by atoms with van der Waals surface area (Å²) >= 11 is 0. The number of H-pyrrole nitrogens is 1. The average molecular weight is 153 g/mol. The third-order valence-corrected chi connectivity index (χ3v) is 1.44. The van der Waals surface area contributed by atoms with Gasteiger partial charge in [0.25, 0.3) is 0 Å². The van der Waals surface area contributed by atoms with E-state index in [1.807, 2.05) is 6.92 Å². The minimum atomic E-state index is -0.127. The van der Waals surface area contributed by atoms with Gasteiger partial charge >= 0.3 is 0 Å². The SMILES string of the molecule is CCC(C=O)Nc1cc[nH]n1. The van der Waals surface area contributed by atoms with Crippen LogP contribution in [-0.4, -0.2) is 22.5 Å². The van der Waals surface area contributed by atoms with E-state index in [0.717, 1.165) is 12.7 Å². The molecule has 0 amide bonds. The summed E-state index contributed by atoms with van der Waals surface area (Å²) in [6, 6.07) is 1.66. The van der Waals surface area contributed by atoms with Gasteiger partial charge in [0.1, 0.15) is 12.1 Å². The first-order valence-electron chi connectivity index (χ1n) is 3.58. The number of anilines is 1. The fourth-order valence-electron chi connectivity index (χ4n) is 0.763. The quantitative estimate of drug-likeness (QED) is 0.629. The van der Waals surface area contributed by atoms with Gasteiger partial charge in [-0.3, -0.25) is 5.10 Å². The van der Waals surface area contributed by atoms with Gasteiger partial charge < -0.3 is 10.1 Å². The van der Waals surface area contributed by atoms with E-state index in [0.29, 0.717) is 5.82 Å². The van der Waals surface area contributed by atoms with E-state index in [4.69, 9.17) is 0 Å². The number of aromatic amines is 1. The smallest absolute Gasteiger partial charge is 0.148 e. The van der Waals surface area contributed by atoms with E-state index >= 15 is 0 Å². The number of carbonyl (C=O) groups is 1. The minimum absolute atomic E-state index is 0.127. The van der Waals surface area contributed by atoms with E-state index in [-0.39, 0.29) is 6.04 Å². The van der Waals surface area contributed by atoms with Crippen LogP contribution in [0.15, 0.2) is 12.3 Å². The van der Waals surface area contributed by atoms with Crippen LogP contribution < -0.4 is 5.32 Å². The van der Waals surface area contributed by atoms with Crippen LogP contribution in [-0.2, 0) is 4.79 Å². The van der Waals surface area contributed by atoms with Gasteiger partial charge in [0.2, 0.25) is 0 Å². The molecule has 1 aromatic rings. The van der Waals surface area contributed by atoms with E-state index in [9.17, 15) is 4.79 Å². The van der Waals surface area contributed by atoms with Gasteiger partial charge in [-0.05, 0) is 12.5 Å². The molecule has 1 aromatic heterocycles. The van der Waals surface area contributed by atoms with Crippen LogP contribution in [0, 0.1) is 0 Å². The summed E-state index contributed by atoms with van der Waals surface area (Å²) in [5.41, 5.74) is 0. The number of nitrogens with one attached hydrogen (secondary N) is 2. The highest BCUT2D eigenvalue weighted by atomic mass is 16.1. The number of hydrogen-bond donors (Lipinski definition) is 2. The lowest BCUT2D eigenvalue weighted by Gasteiger charge is -2.07. The fraction of sp³-hybridized carbons (Fsp3) is 0.429. The van der Waals surface area contributed by atoms with Gasteiger partial charge in [-0.15, -0.1) is 0 Å². The Labute approximate surface area is 65.0 Å². The van der Waals surface area contributed by atoms with Crippen molar-refractivity contribution in [3.63, 3.8) is 0 Å². The normalized spacial score (nSPS) is 12.5. The number of rotatable bonds is 4. The molecule has 0 radical (unpaired) electrons. The molecule has 0 aliphatic rings. The van der Waals surface area contributed by atoms with Crippen molar-refractivity contribution in [2.45, 2.75) is 19.4 Å². The monoisotopic (exact) mass is 153 g/mol. The Bertz CT molecular complexity index is 207. The topological polar surface area (TPSA) is 57.8 Å². The standard InChI is InChI=1S/C7H11N3O/c1-2-6(5-11)9-7-3-4-8-10-7/h3-6H,2H2,1H3,(H2,8,9,10). The van der Waals surface area contributed by atoms with Gasteiger partial charge in [-0.25, -0.2) is 0 Å². The molecule has 1 heterocycles. The van der Waals surface area contributed by atoms with Crippen molar-refractivity contribution < 1.29 is 4.79 Å². The van der Waals surface area contributed by atoms with Crippen LogP contribution in [0.1, 0.15) is 13.3 Å². The Kier molecular flexibility index (Phi) is 2.66. The molecule has 0 aliphatic heterocycles. The molecule has 0 saturated carbocycles. The molecule has 1 rings (SSSR count). The molecule has 1 unspecified atom stereocenters. The molecular formula is C7H11N3O. The molecule has 0 bridgehead atoms. The molecule has 60 valence electrons. The van der Waals surface area contributed by atoms with Crippen molar-refractivity contribution in [2.24, 2.45) is 0 Å². The van der Waals surface area contributed by atoms with Crippen LogP contribution in [0.4, 0.5) is 5.82 Å². The van der Waals surface area contributed by atoms with Crippen LogP contribution in [0.2, 0.25) is 0 Å². The first-order chi connectivity index (χ1) is 5.36.